The van der Waals surface area contributed by atoms with Gasteiger partial charge < -0.3 is 10.2 Å². The van der Waals surface area contributed by atoms with Crippen LogP contribution in [0.2, 0.25) is 5.15 Å². The number of rotatable bonds is 4. The second kappa shape index (κ2) is 6.81. The fraction of sp³-hybridized carbons (Fsp3) is 0.500. The van der Waals surface area contributed by atoms with Gasteiger partial charge in [0, 0.05) is 13.1 Å². The predicted molar refractivity (Wildman–Crippen MR) is 61.3 cm³/mol. The van der Waals surface area contributed by atoms with E-state index in [1.54, 1.807) is 6.07 Å². The molecule has 80 valence electrons. The van der Waals surface area contributed by atoms with Crippen LogP contribution in [0.15, 0.2) is 12.1 Å². The lowest BCUT2D eigenvalue weighted by Crippen LogP contribution is -2.21. The summed E-state index contributed by atoms with van der Waals surface area (Å²) in [7, 11) is 4.05. The molecule has 1 aromatic rings. The Bertz CT molecular complexity index is 250. The Kier molecular flexibility index (Phi) is 6.53. The number of halogens is 2. The predicted octanol–water partition coefficient (Wildman–Crippen LogP) is 1.53. The molecule has 6 heteroatoms. The van der Waals surface area contributed by atoms with Gasteiger partial charge >= 0.3 is 0 Å². The minimum absolute atomic E-state index is 0. The van der Waals surface area contributed by atoms with E-state index >= 15 is 0 Å². The van der Waals surface area contributed by atoms with Crippen LogP contribution in [0, 0.1) is 0 Å². The number of nitrogens with one attached hydrogen (secondary N) is 1. The largest absolute Gasteiger partial charge is 0.367 e. The van der Waals surface area contributed by atoms with Crippen LogP contribution in [0.25, 0.3) is 0 Å². The van der Waals surface area contributed by atoms with Crippen molar-refractivity contribution in [1.29, 1.82) is 0 Å². The molecule has 0 spiro atoms. The molecule has 0 aliphatic carbocycles. The summed E-state index contributed by atoms with van der Waals surface area (Å²) in [5.74, 6) is 0.756. The maximum atomic E-state index is 5.59. The van der Waals surface area contributed by atoms with Crippen molar-refractivity contribution in [2.45, 2.75) is 0 Å². The first-order valence-corrected chi connectivity index (χ1v) is 4.44. The zero-order valence-electron chi connectivity index (χ0n) is 8.20. The van der Waals surface area contributed by atoms with Crippen LogP contribution >= 0.6 is 24.0 Å². The molecular formula is C8H14Cl2N4. The van der Waals surface area contributed by atoms with Crippen LogP contribution in [0.5, 0.6) is 0 Å². The molecule has 0 unspecified atom stereocenters. The Morgan fingerprint density at radius 3 is 2.57 bits per heavy atom. The van der Waals surface area contributed by atoms with Crippen LogP contribution in [-0.2, 0) is 0 Å². The summed E-state index contributed by atoms with van der Waals surface area (Å²) in [6, 6.07) is 3.53. The van der Waals surface area contributed by atoms with Crippen LogP contribution in [-0.4, -0.2) is 42.3 Å². The smallest absolute Gasteiger partial charge is 0.151 e. The minimum atomic E-state index is 0. The van der Waals surface area contributed by atoms with Gasteiger partial charge in [-0.3, -0.25) is 0 Å². The lowest BCUT2D eigenvalue weighted by atomic mass is 10.5. The van der Waals surface area contributed by atoms with Gasteiger partial charge in [-0.15, -0.1) is 22.6 Å². The van der Waals surface area contributed by atoms with Crippen molar-refractivity contribution in [3.8, 4) is 0 Å². The van der Waals surface area contributed by atoms with Crippen molar-refractivity contribution in [1.82, 2.24) is 15.1 Å². The van der Waals surface area contributed by atoms with E-state index in [1.807, 2.05) is 20.2 Å². The minimum Gasteiger partial charge on any atom is -0.367 e. The molecule has 1 rings (SSSR count). The third kappa shape index (κ3) is 5.21. The Morgan fingerprint density at radius 2 is 2.07 bits per heavy atom. The second-order valence-corrected chi connectivity index (χ2v) is 3.36. The second-order valence-electron chi connectivity index (χ2n) is 2.97. The standard InChI is InChI=1S/C8H13ClN4.ClH/c1-13(2)6-5-10-8-4-3-7(9)11-12-8;/h3-4H,5-6H2,1-2H3,(H,10,12);1H. The summed E-state index contributed by atoms with van der Waals surface area (Å²) < 4.78 is 0. The number of hydrogen-bond acceptors (Lipinski definition) is 4. The lowest BCUT2D eigenvalue weighted by Gasteiger charge is -2.09. The van der Waals surface area contributed by atoms with E-state index < -0.39 is 0 Å². The van der Waals surface area contributed by atoms with E-state index in [2.05, 4.69) is 20.4 Å². The molecule has 14 heavy (non-hydrogen) atoms. The maximum Gasteiger partial charge on any atom is 0.151 e. The van der Waals surface area contributed by atoms with Gasteiger partial charge in [-0.05, 0) is 26.2 Å². The van der Waals surface area contributed by atoms with E-state index in [0.29, 0.717) is 5.15 Å². The SMILES string of the molecule is CN(C)CCNc1ccc(Cl)nn1.Cl. The highest BCUT2D eigenvalue weighted by molar-refractivity contribution is 6.29. The van der Waals surface area contributed by atoms with Gasteiger partial charge in [0.25, 0.3) is 0 Å². The summed E-state index contributed by atoms with van der Waals surface area (Å²) in [6.45, 7) is 1.81. The maximum absolute atomic E-state index is 5.59. The van der Waals surface area contributed by atoms with Gasteiger partial charge in [0.2, 0.25) is 0 Å². The number of nitrogens with zero attached hydrogens (tertiary/aromatic N) is 3. The molecule has 0 saturated carbocycles. The van der Waals surface area contributed by atoms with Crippen molar-refractivity contribution >= 4 is 29.8 Å². The molecule has 0 aliphatic heterocycles. The van der Waals surface area contributed by atoms with Crippen molar-refractivity contribution < 1.29 is 0 Å². The van der Waals surface area contributed by atoms with Gasteiger partial charge in [-0.25, -0.2) is 0 Å². The summed E-state index contributed by atoms with van der Waals surface area (Å²) in [6.07, 6.45) is 0. The number of hydrogen-bond donors (Lipinski definition) is 1. The molecule has 0 aliphatic rings. The molecule has 0 fully saturated rings. The van der Waals surface area contributed by atoms with E-state index in [0.717, 1.165) is 18.9 Å². The third-order valence-corrected chi connectivity index (χ3v) is 1.70. The van der Waals surface area contributed by atoms with E-state index in [1.165, 1.54) is 0 Å². The molecule has 1 heterocycles. The molecule has 0 radical (unpaired) electrons. The molecule has 1 N–H and O–H groups in total. The fourth-order valence-corrected chi connectivity index (χ4v) is 0.919. The first-order chi connectivity index (χ1) is 6.18. The highest BCUT2D eigenvalue weighted by Crippen LogP contribution is 2.05. The molecule has 1 aromatic heterocycles. The molecule has 0 atom stereocenters. The zero-order valence-corrected chi connectivity index (χ0v) is 9.77. The molecule has 0 saturated heterocycles. The lowest BCUT2D eigenvalue weighted by molar-refractivity contribution is 0.425. The summed E-state index contributed by atoms with van der Waals surface area (Å²) in [4.78, 5) is 2.09. The van der Waals surface area contributed by atoms with Crippen molar-refractivity contribution in [3.05, 3.63) is 17.3 Å². The van der Waals surface area contributed by atoms with Gasteiger partial charge in [-0.2, -0.15) is 0 Å². The Labute approximate surface area is 95.1 Å². The highest BCUT2D eigenvalue weighted by atomic mass is 35.5. The summed E-state index contributed by atoms with van der Waals surface area (Å²) in [5.41, 5.74) is 0. The molecular weight excluding hydrogens is 223 g/mol. The van der Waals surface area contributed by atoms with Gasteiger partial charge in [0.05, 0.1) is 0 Å². The molecule has 0 aromatic carbocycles. The third-order valence-electron chi connectivity index (χ3n) is 1.50. The first-order valence-electron chi connectivity index (χ1n) is 4.06. The van der Waals surface area contributed by atoms with Crippen LogP contribution < -0.4 is 5.32 Å². The van der Waals surface area contributed by atoms with E-state index in [9.17, 15) is 0 Å². The highest BCUT2D eigenvalue weighted by Gasteiger charge is 1.94. The molecule has 0 amide bonds. The normalized spacial score (nSPS) is 9.71. The van der Waals surface area contributed by atoms with Gasteiger partial charge in [0.1, 0.15) is 5.82 Å². The van der Waals surface area contributed by atoms with Crippen molar-refractivity contribution in [3.63, 3.8) is 0 Å². The number of likely N-dealkylation sites (N-methyl/N-ethyl adjacent to an activating group) is 1. The van der Waals surface area contributed by atoms with Crippen LogP contribution in [0.4, 0.5) is 5.82 Å². The monoisotopic (exact) mass is 236 g/mol. The average Bonchev–Trinajstić information content (AvgIpc) is 2.08. The Balaban J connectivity index is 0.00000169. The van der Waals surface area contributed by atoms with Crippen LogP contribution in [0.3, 0.4) is 0 Å². The number of anilines is 1. The van der Waals surface area contributed by atoms with Gasteiger partial charge in [-0.1, -0.05) is 11.6 Å². The summed E-state index contributed by atoms with van der Waals surface area (Å²) >= 11 is 5.59. The molecule has 0 bridgehead atoms. The topological polar surface area (TPSA) is 41.0 Å². The van der Waals surface area contributed by atoms with Crippen molar-refractivity contribution in [2.75, 3.05) is 32.5 Å². The average molecular weight is 237 g/mol. The van der Waals surface area contributed by atoms with E-state index in [4.69, 9.17) is 11.6 Å². The van der Waals surface area contributed by atoms with Crippen LogP contribution in [0.1, 0.15) is 0 Å². The Morgan fingerprint density at radius 1 is 1.36 bits per heavy atom. The van der Waals surface area contributed by atoms with Crippen molar-refractivity contribution in [2.24, 2.45) is 0 Å². The van der Waals surface area contributed by atoms with Gasteiger partial charge in [0.15, 0.2) is 5.15 Å². The van der Waals surface area contributed by atoms with E-state index in [-0.39, 0.29) is 12.4 Å². The molecule has 4 nitrogen and oxygen atoms in total. The zero-order chi connectivity index (χ0) is 9.68. The first kappa shape index (κ1) is 13.4. The Hall–Kier alpha value is -0.580. The fourth-order valence-electron chi connectivity index (χ4n) is 0.818. The quantitative estimate of drug-likeness (QED) is 0.862. The summed E-state index contributed by atoms with van der Waals surface area (Å²) in [5, 5.41) is 11.1. The number of aromatic nitrogens is 2.